The molecule has 1 aliphatic heterocycles. The number of aromatic nitrogens is 2. The third kappa shape index (κ3) is 5.68. The van der Waals surface area contributed by atoms with Crippen LogP contribution in [0.3, 0.4) is 0 Å². The lowest BCUT2D eigenvalue weighted by molar-refractivity contribution is 0.186. The molecule has 1 aliphatic rings. The number of amides is 2. The predicted molar refractivity (Wildman–Crippen MR) is 117 cm³/mol. The molecular weight excluding hydrogens is 362 g/mol. The molecule has 2 aromatic rings. The molecule has 0 saturated carbocycles. The van der Waals surface area contributed by atoms with Crippen LogP contribution in [-0.4, -0.2) is 47.1 Å². The maximum atomic E-state index is 12.9. The normalized spacial score (nSPS) is 15.7. The zero-order valence-electron chi connectivity index (χ0n) is 18.0. The summed E-state index contributed by atoms with van der Waals surface area (Å²) in [5.41, 5.74) is 2.51. The second-order valence-electron chi connectivity index (χ2n) is 8.53. The first-order valence-electron chi connectivity index (χ1n) is 10.6. The number of carbonyl (C=O) groups is 1. The van der Waals surface area contributed by atoms with Crippen LogP contribution in [0.25, 0.3) is 0 Å². The van der Waals surface area contributed by atoms with Crippen LogP contribution in [0.1, 0.15) is 44.9 Å². The van der Waals surface area contributed by atoms with Crippen molar-refractivity contribution in [3.05, 3.63) is 53.9 Å². The fraction of sp³-hybridized carbons (Fsp3) is 0.522. The van der Waals surface area contributed by atoms with E-state index in [-0.39, 0.29) is 12.1 Å². The number of carbonyl (C=O) groups excluding carboxylic acids is 1. The zero-order valence-corrected chi connectivity index (χ0v) is 18.0. The zero-order chi connectivity index (χ0) is 20.8. The molecule has 29 heavy (non-hydrogen) atoms. The standard InChI is InChI=1S/C23H33N5O/c1-17(2)16-19-6-8-20(9-7-19)21(18(3)4)26-23(29)28-14-12-27(13-15-28)22-24-10-5-11-25-22/h5-11,17-18,21H,12-16H2,1-4H3,(H,26,29)/t21-/m0/s1. The molecular formula is C23H33N5O. The van der Waals surface area contributed by atoms with Gasteiger partial charge < -0.3 is 15.1 Å². The molecule has 0 unspecified atom stereocenters. The molecule has 3 rings (SSSR count). The molecule has 1 aromatic carbocycles. The highest BCUT2D eigenvalue weighted by Gasteiger charge is 2.25. The van der Waals surface area contributed by atoms with Gasteiger partial charge in [0.05, 0.1) is 6.04 Å². The van der Waals surface area contributed by atoms with Crippen LogP contribution in [0.2, 0.25) is 0 Å². The first kappa shape index (κ1) is 21.1. The van der Waals surface area contributed by atoms with Gasteiger partial charge in [-0.15, -0.1) is 0 Å². The SMILES string of the molecule is CC(C)Cc1ccc([C@@H](NC(=O)N2CCN(c3ncccn3)CC2)C(C)C)cc1. The van der Waals surface area contributed by atoms with E-state index >= 15 is 0 Å². The van der Waals surface area contributed by atoms with Crippen molar-refractivity contribution >= 4 is 12.0 Å². The van der Waals surface area contributed by atoms with Crippen LogP contribution in [0.15, 0.2) is 42.7 Å². The number of nitrogens with one attached hydrogen (secondary N) is 1. The summed E-state index contributed by atoms with van der Waals surface area (Å²) in [6, 6.07) is 10.5. The molecule has 1 aromatic heterocycles. The number of hydrogen-bond acceptors (Lipinski definition) is 4. The summed E-state index contributed by atoms with van der Waals surface area (Å²) in [7, 11) is 0. The lowest BCUT2D eigenvalue weighted by Gasteiger charge is -2.36. The van der Waals surface area contributed by atoms with E-state index in [0.717, 1.165) is 31.0 Å². The van der Waals surface area contributed by atoms with Gasteiger partial charge in [-0.3, -0.25) is 0 Å². The average Bonchev–Trinajstić information content (AvgIpc) is 2.73. The number of hydrogen-bond donors (Lipinski definition) is 1. The maximum absolute atomic E-state index is 12.9. The Bertz CT molecular complexity index is 768. The Morgan fingerprint density at radius 3 is 2.17 bits per heavy atom. The summed E-state index contributed by atoms with van der Waals surface area (Å²) in [5.74, 6) is 1.68. The number of piperazine rings is 1. The summed E-state index contributed by atoms with van der Waals surface area (Å²) < 4.78 is 0. The molecule has 0 bridgehead atoms. The van der Waals surface area contributed by atoms with E-state index in [9.17, 15) is 4.79 Å². The Labute approximate surface area is 174 Å². The van der Waals surface area contributed by atoms with Crippen molar-refractivity contribution in [1.82, 2.24) is 20.2 Å². The lowest BCUT2D eigenvalue weighted by atomic mass is 9.94. The minimum atomic E-state index is 0.00332. The van der Waals surface area contributed by atoms with Crippen molar-refractivity contribution < 1.29 is 4.79 Å². The van der Waals surface area contributed by atoms with Gasteiger partial charge >= 0.3 is 6.03 Å². The summed E-state index contributed by atoms with van der Waals surface area (Å²) in [4.78, 5) is 25.5. The third-order valence-corrected chi connectivity index (χ3v) is 5.33. The maximum Gasteiger partial charge on any atom is 0.318 e. The van der Waals surface area contributed by atoms with Crippen LogP contribution in [0.5, 0.6) is 0 Å². The third-order valence-electron chi connectivity index (χ3n) is 5.33. The second kappa shape index (κ2) is 9.72. The van der Waals surface area contributed by atoms with Crippen LogP contribution < -0.4 is 10.2 Å². The number of benzene rings is 1. The first-order valence-corrected chi connectivity index (χ1v) is 10.6. The highest BCUT2D eigenvalue weighted by atomic mass is 16.2. The molecule has 2 heterocycles. The van der Waals surface area contributed by atoms with E-state index in [2.05, 4.69) is 72.1 Å². The highest BCUT2D eigenvalue weighted by molar-refractivity contribution is 5.75. The van der Waals surface area contributed by atoms with E-state index in [1.165, 1.54) is 5.56 Å². The molecule has 2 amide bonds. The molecule has 1 saturated heterocycles. The average molecular weight is 396 g/mol. The van der Waals surface area contributed by atoms with Gasteiger partial charge in [0.25, 0.3) is 0 Å². The Morgan fingerprint density at radius 2 is 1.62 bits per heavy atom. The smallest absolute Gasteiger partial charge is 0.318 e. The largest absolute Gasteiger partial charge is 0.337 e. The molecule has 0 radical (unpaired) electrons. The topological polar surface area (TPSA) is 61.4 Å². The minimum Gasteiger partial charge on any atom is -0.337 e. The van der Waals surface area contributed by atoms with E-state index < -0.39 is 0 Å². The number of urea groups is 1. The van der Waals surface area contributed by atoms with Crippen LogP contribution >= 0.6 is 0 Å². The fourth-order valence-electron chi connectivity index (χ4n) is 3.76. The fourth-order valence-corrected chi connectivity index (χ4v) is 3.76. The van der Waals surface area contributed by atoms with Gasteiger partial charge in [0.2, 0.25) is 5.95 Å². The molecule has 1 N–H and O–H groups in total. The van der Waals surface area contributed by atoms with Gasteiger partial charge in [0, 0.05) is 38.6 Å². The molecule has 1 atom stereocenters. The van der Waals surface area contributed by atoms with E-state index in [1.807, 2.05) is 11.0 Å². The van der Waals surface area contributed by atoms with Gasteiger partial charge in [-0.1, -0.05) is 52.0 Å². The molecule has 0 spiro atoms. The molecule has 6 heteroatoms. The lowest BCUT2D eigenvalue weighted by Crippen LogP contribution is -2.53. The van der Waals surface area contributed by atoms with E-state index in [0.29, 0.717) is 24.9 Å². The van der Waals surface area contributed by atoms with Crippen molar-refractivity contribution in [2.24, 2.45) is 11.8 Å². The number of rotatable bonds is 6. The molecule has 0 aliphatic carbocycles. The van der Waals surface area contributed by atoms with Crippen molar-refractivity contribution in [3.63, 3.8) is 0 Å². The highest BCUT2D eigenvalue weighted by Crippen LogP contribution is 2.23. The second-order valence-corrected chi connectivity index (χ2v) is 8.53. The molecule has 6 nitrogen and oxygen atoms in total. The van der Waals surface area contributed by atoms with Crippen molar-refractivity contribution in [2.45, 2.75) is 40.2 Å². The molecule has 156 valence electrons. The van der Waals surface area contributed by atoms with E-state index in [4.69, 9.17) is 0 Å². The van der Waals surface area contributed by atoms with Gasteiger partial charge in [-0.25, -0.2) is 14.8 Å². The summed E-state index contributed by atoms with van der Waals surface area (Å²) in [5, 5.41) is 3.25. The van der Waals surface area contributed by atoms with Gasteiger partial charge in [0.15, 0.2) is 0 Å². The van der Waals surface area contributed by atoms with Crippen molar-refractivity contribution in [3.8, 4) is 0 Å². The number of nitrogens with zero attached hydrogens (tertiary/aromatic N) is 4. The Hall–Kier alpha value is -2.63. The minimum absolute atomic E-state index is 0.00332. The van der Waals surface area contributed by atoms with Gasteiger partial charge in [-0.05, 0) is 35.4 Å². The Morgan fingerprint density at radius 1 is 1.00 bits per heavy atom. The summed E-state index contributed by atoms with van der Waals surface area (Å²) >= 11 is 0. The van der Waals surface area contributed by atoms with Gasteiger partial charge in [0.1, 0.15) is 0 Å². The van der Waals surface area contributed by atoms with Crippen LogP contribution in [0, 0.1) is 11.8 Å². The number of anilines is 1. The Balaban J connectivity index is 1.59. The Kier molecular flexibility index (Phi) is 7.07. The summed E-state index contributed by atoms with van der Waals surface area (Å²) in [6.45, 7) is 11.6. The van der Waals surface area contributed by atoms with Crippen LogP contribution in [-0.2, 0) is 6.42 Å². The van der Waals surface area contributed by atoms with E-state index in [1.54, 1.807) is 12.4 Å². The molecule has 1 fully saturated rings. The van der Waals surface area contributed by atoms with Crippen molar-refractivity contribution in [1.29, 1.82) is 0 Å². The quantitative estimate of drug-likeness (QED) is 0.806. The first-order chi connectivity index (χ1) is 13.9. The summed E-state index contributed by atoms with van der Waals surface area (Å²) in [6.07, 6.45) is 4.58. The monoisotopic (exact) mass is 395 g/mol. The van der Waals surface area contributed by atoms with Gasteiger partial charge in [-0.2, -0.15) is 0 Å². The van der Waals surface area contributed by atoms with Crippen molar-refractivity contribution in [2.75, 3.05) is 31.1 Å². The van der Waals surface area contributed by atoms with Crippen LogP contribution in [0.4, 0.5) is 10.7 Å². The predicted octanol–water partition coefficient (Wildman–Crippen LogP) is 3.90.